The van der Waals surface area contributed by atoms with Gasteiger partial charge in [0.2, 0.25) is 0 Å². The minimum atomic E-state index is -0.985. The lowest BCUT2D eigenvalue weighted by molar-refractivity contribution is 0.0703. The zero-order valence-electron chi connectivity index (χ0n) is 10.7. The molecule has 2 rings (SSSR count). The zero-order chi connectivity index (χ0) is 14.2. The molecule has 0 saturated heterocycles. The Morgan fingerprint density at radius 3 is 2.68 bits per heavy atom. The number of nitrogen functional groups attached to an aromatic ring is 1. The van der Waals surface area contributed by atoms with Gasteiger partial charge in [0.25, 0.3) is 0 Å². The van der Waals surface area contributed by atoms with E-state index in [2.05, 4.69) is 0 Å². The second-order valence-corrected chi connectivity index (χ2v) is 5.70. The summed E-state index contributed by atoms with van der Waals surface area (Å²) < 4.78 is 0. The van der Waals surface area contributed by atoms with Gasteiger partial charge in [0, 0.05) is 9.90 Å². The van der Waals surface area contributed by atoms with Gasteiger partial charge in [-0.15, -0.1) is 11.3 Å². The number of nitrogens with two attached hydrogens (primary N) is 1. The van der Waals surface area contributed by atoms with Crippen molar-refractivity contribution in [3.05, 3.63) is 39.2 Å². The molecule has 0 fully saturated rings. The van der Waals surface area contributed by atoms with E-state index in [0.29, 0.717) is 17.1 Å². The predicted octanol–water partition coefficient (Wildman–Crippen LogP) is 4.22. The van der Waals surface area contributed by atoms with Gasteiger partial charge in [0.05, 0.1) is 5.69 Å². The fourth-order valence-electron chi connectivity index (χ4n) is 1.96. The maximum absolute atomic E-state index is 11.2. The maximum atomic E-state index is 11.2. The molecule has 0 amide bonds. The molecule has 0 aliphatic heterocycles. The number of halogens is 1. The van der Waals surface area contributed by atoms with Crippen molar-refractivity contribution in [2.75, 3.05) is 5.73 Å². The van der Waals surface area contributed by atoms with Crippen LogP contribution >= 0.6 is 22.9 Å². The first-order valence-corrected chi connectivity index (χ1v) is 7.06. The van der Waals surface area contributed by atoms with Gasteiger partial charge in [0.15, 0.2) is 0 Å². The highest BCUT2D eigenvalue weighted by Crippen LogP contribution is 2.40. The Kier molecular flexibility index (Phi) is 3.83. The van der Waals surface area contributed by atoms with Gasteiger partial charge in [-0.05, 0) is 36.1 Å². The quantitative estimate of drug-likeness (QED) is 0.891. The van der Waals surface area contributed by atoms with Crippen molar-refractivity contribution in [3.8, 4) is 10.4 Å². The molecule has 2 aromatic rings. The van der Waals surface area contributed by atoms with Crippen LogP contribution in [0.25, 0.3) is 10.4 Å². The molecule has 0 bridgehead atoms. The molecule has 0 unspecified atom stereocenters. The highest BCUT2D eigenvalue weighted by atomic mass is 35.5. The molecule has 0 spiro atoms. The average molecular weight is 296 g/mol. The molecule has 3 N–H and O–H groups in total. The van der Waals surface area contributed by atoms with Crippen molar-refractivity contribution in [3.63, 3.8) is 0 Å². The molecule has 1 heterocycles. The standard InChI is InChI=1S/C14H14ClNO2S/c1-3-9-11(16)13(14(17)18)19-12(9)8-5-4-7(2)10(15)6-8/h4-6H,3,16H2,1-2H3,(H,17,18). The van der Waals surface area contributed by atoms with Crippen LogP contribution in [0.5, 0.6) is 0 Å². The second kappa shape index (κ2) is 5.23. The fourth-order valence-corrected chi connectivity index (χ4v) is 3.28. The first-order valence-electron chi connectivity index (χ1n) is 5.86. The number of anilines is 1. The van der Waals surface area contributed by atoms with Gasteiger partial charge in [-0.3, -0.25) is 0 Å². The van der Waals surface area contributed by atoms with Gasteiger partial charge >= 0.3 is 5.97 Å². The third-order valence-corrected chi connectivity index (χ3v) is 4.72. The van der Waals surface area contributed by atoms with E-state index in [9.17, 15) is 4.79 Å². The van der Waals surface area contributed by atoms with Crippen molar-refractivity contribution in [1.29, 1.82) is 0 Å². The normalized spacial score (nSPS) is 10.7. The minimum Gasteiger partial charge on any atom is -0.477 e. The Morgan fingerprint density at radius 2 is 2.16 bits per heavy atom. The molecule has 5 heteroatoms. The SMILES string of the molecule is CCc1c(-c2ccc(C)c(Cl)c2)sc(C(=O)O)c1N. The largest absolute Gasteiger partial charge is 0.477 e. The number of hydrogen-bond acceptors (Lipinski definition) is 3. The summed E-state index contributed by atoms with van der Waals surface area (Å²) in [5, 5.41) is 9.82. The van der Waals surface area contributed by atoms with Crippen molar-refractivity contribution in [2.45, 2.75) is 20.3 Å². The molecule has 0 aliphatic carbocycles. The first-order chi connectivity index (χ1) is 8.95. The Labute approximate surface area is 120 Å². The molecule has 1 aromatic heterocycles. The van der Waals surface area contributed by atoms with E-state index in [1.807, 2.05) is 32.0 Å². The minimum absolute atomic E-state index is 0.198. The number of carboxylic acid groups (broad SMARTS) is 1. The monoisotopic (exact) mass is 295 g/mol. The van der Waals surface area contributed by atoms with E-state index in [1.165, 1.54) is 11.3 Å². The van der Waals surface area contributed by atoms with Crippen LogP contribution in [-0.4, -0.2) is 11.1 Å². The van der Waals surface area contributed by atoms with Gasteiger partial charge in [-0.25, -0.2) is 4.79 Å². The lowest BCUT2D eigenvalue weighted by Gasteiger charge is -2.05. The van der Waals surface area contributed by atoms with Crippen molar-refractivity contribution >= 4 is 34.6 Å². The van der Waals surface area contributed by atoms with E-state index >= 15 is 0 Å². The smallest absolute Gasteiger partial charge is 0.348 e. The van der Waals surface area contributed by atoms with Crippen LogP contribution in [0, 0.1) is 6.92 Å². The summed E-state index contributed by atoms with van der Waals surface area (Å²) in [7, 11) is 0. The molecule has 0 aliphatic rings. The lowest BCUT2D eigenvalue weighted by atomic mass is 10.0. The summed E-state index contributed by atoms with van der Waals surface area (Å²) in [6.07, 6.45) is 0.691. The highest BCUT2D eigenvalue weighted by Gasteiger charge is 2.20. The average Bonchev–Trinajstić information content (AvgIpc) is 2.70. The van der Waals surface area contributed by atoms with Gasteiger partial charge in [-0.2, -0.15) is 0 Å². The van der Waals surface area contributed by atoms with Crippen molar-refractivity contribution in [2.24, 2.45) is 0 Å². The molecular formula is C14H14ClNO2S. The fraction of sp³-hybridized carbons (Fsp3) is 0.214. The summed E-state index contributed by atoms with van der Waals surface area (Å²) in [4.78, 5) is 12.2. The Balaban J connectivity index is 2.64. The van der Waals surface area contributed by atoms with Gasteiger partial charge < -0.3 is 10.8 Å². The van der Waals surface area contributed by atoms with E-state index in [-0.39, 0.29) is 4.88 Å². The number of carboxylic acids is 1. The van der Waals surface area contributed by atoms with Crippen LogP contribution in [0.3, 0.4) is 0 Å². The molecular weight excluding hydrogens is 282 g/mol. The summed E-state index contributed by atoms with van der Waals surface area (Å²) >= 11 is 7.33. The maximum Gasteiger partial charge on any atom is 0.348 e. The topological polar surface area (TPSA) is 63.3 Å². The number of benzene rings is 1. The molecule has 3 nitrogen and oxygen atoms in total. The Bertz CT molecular complexity index is 649. The van der Waals surface area contributed by atoms with E-state index in [0.717, 1.165) is 21.6 Å². The summed E-state index contributed by atoms with van der Waals surface area (Å²) in [5.41, 5.74) is 9.07. The third kappa shape index (κ3) is 2.46. The lowest BCUT2D eigenvalue weighted by Crippen LogP contribution is -1.99. The van der Waals surface area contributed by atoms with Gasteiger partial charge in [-0.1, -0.05) is 30.7 Å². The molecule has 100 valence electrons. The van der Waals surface area contributed by atoms with Crippen LogP contribution in [0.2, 0.25) is 5.02 Å². The summed E-state index contributed by atoms with van der Waals surface area (Å²) in [6.45, 7) is 3.89. The van der Waals surface area contributed by atoms with Crippen LogP contribution in [0.15, 0.2) is 18.2 Å². The highest BCUT2D eigenvalue weighted by molar-refractivity contribution is 7.18. The molecule has 0 radical (unpaired) electrons. The predicted molar refractivity (Wildman–Crippen MR) is 80.3 cm³/mol. The molecule has 1 aromatic carbocycles. The number of aryl methyl sites for hydroxylation is 1. The van der Waals surface area contributed by atoms with E-state index in [1.54, 1.807) is 0 Å². The van der Waals surface area contributed by atoms with Gasteiger partial charge in [0.1, 0.15) is 4.88 Å². The number of thiophene rings is 1. The molecule has 0 saturated carbocycles. The number of aromatic carboxylic acids is 1. The number of hydrogen-bond donors (Lipinski definition) is 2. The Morgan fingerprint density at radius 1 is 1.47 bits per heavy atom. The zero-order valence-corrected chi connectivity index (χ0v) is 12.2. The van der Waals surface area contributed by atoms with Crippen molar-refractivity contribution < 1.29 is 9.90 Å². The Hall–Kier alpha value is -1.52. The van der Waals surface area contributed by atoms with Crippen LogP contribution in [-0.2, 0) is 6.42 Å². The third-order valence-electron chi connectivity index (χ3n) is 3.03. The first kappa shape index (κ1) is 13.9. The molecule has 0 atom stereocenters. The van der Waals surface area contributed by atoms with E-state index in [4.69, 9.17) is 22.4 Å². The van der Waals surface area contributed by atoms with Crippen LogP contribution in [0.4, 0.5) is 5.69 Å². The second-order valence-electron chi connectivity index (χ2n) is 4.28. The number of rotatable bonds is 3. The summed E-state index contributed by atoms with van der Waals surface area (Å²) in [5.74, 6) is -0.985. The molecule has 19 heavy (non-hydrogen) atoms. The van der Waals surface area contributed by atoms with E-state index < -0.39 is 5.97 Å². The van der Waals surface area contributed by atoms with Crippen LogP contribution in [0.1, 0.15) is 27.7 Å². The number of carbonyl (C=O) groups is 1. The van der Waals surface area contributed by atoms with Crippen molar-refractivity contribution in [1.82, 2.24) is 0 Å². The summed E-state index contributed by atoms with van der Waals surface area (Å²) in [6, 6.07) is 5.72. The van der Waals surface area contributed by atoms with Crippen LogP contribution < -0.4 is 5.73 Å².